The second kappa shape index (κ2) is 4.69. The van der Waals surface area contributed by atoms with E-state index in [0.717, 1.165) is 12.1 Å². The van der Waals surface area contributed by atoms with Crippen molar-refractivity contribution in [3.05, 3.63) is 29.8 Å². The summed E-state index contributed by atoms with van der Waals surface area (Å²) in [6, 6.07) is 1.01. The van der Waals surface area contributed by atoms with Crippen LogP contribution in [0.4, 0.5) is 19.3 Å². The highest BCUT2D eigenvalue weighted by Gasteiger charge is 2.40. The number of hydrogen-bond acceptors (Lipinski definition) is 3. The van der Waals surface area contributed by atoms with E-state index >= 15 is 0 Å². The molecule has 0 bridgehead atoms. The number of halogens is 2. The quantitative estimate of drug-likeness (QED) is 0.822. The summed E-state index contributed by atoms with van der Waals surface area (Å²) in [4.78, 5) is 24.1. The molecule has 1 aromatic rings. The predicted molar refractivity (Wildman–Crippen MR) is 58.0 cm³/mol. The Morgan fingerprint density at radius 1 is 1.39 bits per heavy atom. The van der Waals surface area contributed by atoms with E-state index < -0.39 is 29.6 Å². The minimum Gasteiger partial charge on any atom is -0.382 e. The molecule has 3 amide bonds. The molecule has 0 aromatic heterocycles. The molecule has 0 radical (unpaired) electrons. The lowest BCUT2D eigenvalue weighted by Gasteiger charge is -2.13. The van der Waals surface area contributed by atoms with Crippen molar-refractivity contribution >= 4 is 17.6 Å². The first kappa shape index (κ1) is 12.4. The van der Waals surface area contributed by atoms with E-state index in [1.807, 2.05) is 0 Å². The Kier molecular flexibility index (Phi) is 3.24. The number of rotatable bonds is 3. The summed E-state index contributed by atoms with van der Waals surface area (Å²) in [6.45, 7) is -0.0100. The maximum absolute atomic E-state index is 13.5. The third-order valence-electron chi connectivity index (χ3n) is 2.50. The highest BCUT2D eigenvalue weighted by atomic mass is 19.1. The topological polar surface area (TPSA) is 58.6 Å². The van der Waals surface area contributed by atoms with Crippen LogP contribution in [0, 0.1) is 11.6 Å². The van der Waals surface area contributed by atoms with Gasteiger partial charge in [0.25, 0.3) is 5.91 Å². The number of amides is 3. The monoisotopic (exact) mass is 256 g/mol. The van der Waals surface area contributed by atoms with Gasteiger partial charge in [-0.25, -0.2) is 18.5 Å². The molecule has 1 aliphatic heterocycles. The zero-order chi connectivity index (χ0) is 13.3. The summed E-state index contributed by atoms with van der Waals surface area (Å²) in [6.07, 6.45) is 0. The predicted octanol–water partition coefficient (Wildman–Crippen LogP) is 1.04. The van der Waals surface area contributed by atoms with E-state index in [1.54, 1.807) is 0 Å². The lowest BCUT2D eigenvalue weighted by atomic mass is 10.2. The van der Waals surface area contributed by atoms with E-state index in [9.17, 15) is 18.4 Å². The Hall–Kier alpha value is -2.02. The number of methoxy groups -OCH3 is 1. The van der Waals surface area contributed by atoms with Gasteiger partial charge in [0.1, 0.15) is 17.7 Å². The number of carbonyl (C=O) groups excluding carboxylic acids is 2. The molecule has 7 heteroatoms. The molecule has 1 aromatic carbocycles. The zero-order valence-electron chi connectivity index (χ0n) is 9.44. The van der Waals surface area contributed by atoms with Crippen LogP contribution in [-0.4, -0.2) is 31.7 Å². The summed E-state index contributed by atoms with van der Waals surface area (Å²) in [7, 11) is 1.38. The number of imide groups is 1. The molecular weight excluding hydrogens is 246 g/mol. The fraction of sp³-hybridized carbons (Fsp3) is 0.273. The summed E-state index contributed by atoms with van der Waals surface area (Å²) in [5.41, 5.74) is -0.280. The standard InChI is InChI=1S/C11H10F2N2O3/c1-18-5-8-10(16)15(11(17)14-8)9-3-2-6(12)4-7(9)13/h2-4,8H,5H2,1H3,(H,14,17). The molecule has 0 spiro atoms. The van der Waals surface area contributed by atoms with Crippen molar-refractivity contribution in [1.82, 2.24) is 5.32 Å². The number of hydrogen-bond donors (Lipinski definition) is 1. The average Bonchev–Trinajstić information content (AvgIpc) is 2.56. The van der Waals surface area contributed by atoms with Crippen molar-refractivity contribution in [2.24, 2.45) is 0 Å². The maximum atomic E-state index is 13.5. The Labute approximate surface area is 101 Å². The van der Waals surface area contributed by atoms with Gasteiger partial charge in [-0.2, -0.15) is 0 Å². The molecule has 5 nitrogen and oxygen atoms in total. The number of nitrogens with zero attached hydrogens (tertiary/aromatic N) is 1. The Morgan fingerprint density at radius 2 is 2.11 bits per heavy atom. The van der Waals surface area contributed by atoms with Gasteiger partial charge in [0.05, 0.1) is 12.3 Å². The third-order valence-corrected chi connectivity index (χ3v) is 2.50. The van der Waals surface area contributed by atoms with E-state index in [2.05, 4.69) is 5.32 Å². The van der Waals surface area contributed by atoms with Gasteiger partial charge in [-0.05, 0) is 12.1 Å². The maximum Gasteiger partial charge on any atom is 0.329 e. The van der Waals surface area contributed by atoms with Gasteiger partial charge < -0.3 is 10.1 Å². The van der Waals surface area contributed by atoms with Gasteiger partial charge in [0.2, 0.25) is 0 Å². The van der Waals surface area contributed by atoms with Crippen molar-refractivity contribution in [2.45, 2.75) is 6.04 Å². The van der Waals surface area contributed by atoms with Gasteiger partial charge in [0, 0.05) is 13.2 Å². The first-order chi connectivity index (χ1) is 8.54. The molecule has 1 saturated heterocycles. The second-order valence-corrected chi connectivity index (χ2v) is 3.73. The summed E-state index contributed by atoms with van der Waals surface area (Å²) >= 11 is 0. The molecule has 1 fully saturated rings. The first-order valence-electron chi connectivity index (χ1n) is 5.13. The summed E-state index contributed by atoms with van der Waals surface area (Å²) in [5.74, 6) is -2.39. The normalized spacial score (nSPS) is 19.3. The van der Waals surface area contributed by atoms with Crippen LogP contribution in [0.2, 0.25) is 0 Å². The van der Waals surface area contributed by atoms with Crippen molar-refractivity contribution in [3.63, 3.8) is 0 Å². The molecular formula is C11H10F2N2O3. The van der Waals surface area contributed by atoms with Crippen molar-refractivity contribution in [1.29, 1.82) is 0 Å². The third kappa shape index (κ3) is 2.04. The SMILES string of the molecule is COCC1NC(=O)N(c2ccc(F)cc2F)C1=O. The number of benzene rings is 1. The fourth-order valence-electron chi connectivity index (χ4n) is 1.70. The highest BCUT2D eigenvalue weighted by Crippen LogP contribution is 2.23. The molecule has 1 aliphatic rings. The van der Waals surface area contributed by atoms with E-state index in [-0.39, 0.29) is 12.3 Å². The molecule has 2 rings (SSSR count). The van der Waals surface area contributed by atoms with Crippen LogP contribution >= 0.6 is 0 Å². The van der Waals surface area contributed by atoms with E-state index in [1.165, 1.54) is 7.11 Å². The lowest BCUT2D eigenvalue weighted by Crippen LogP contribution is -2.34. The molecule has 1 heterocycles. The molecule has 18 heavy (non-hydrogen) atoms. The smallest absolute Gasteiger partial charge is 0.329 e. The van der Waals surface area contributed by atoms with Crippen LogP contribution in [0.25, 0.3) is 0 Å². The number of urea groups is 1. The molecule has 0 aliphatic carbocycles. The molecule has 1 unspecified atom stereocenters. The van der Waals surface area contributed by atoms with Crippen molar-refractivity contribution in [3.8, 4) is 0 Å². The van der Waals surface area contributed by atoms with Crippen LogP contribution in [0.3, 0.4) is 0 Å². The number of ether oxygens (including phenoxy) is 1. The number of nitrogens with one attached hydrogen (secondary N) is 1. The van der Waals surface area contributed by atoms with E-state index in [0.29, 0.717) is 11.0 Å². The van der Waals surface area contributed by atoms with Gasteiger partial charge in [-0.1, -0.05) is 0 Å². The average molecular weight is 256 g/mol. The number of anilines is 1. The molecule has 0 saturated carbocycles. The summed E-state index contributed by atoms with van der Waals surface area (Å²) in [5, 5.41) is 2.35. The second-order valence-electron chi connectivity index (χ2n) is 3.73. The fourth-order valence-corrected chi connectivity index (χ4v) is 1.70. The molecule has 96 valence electrons. The van der Waals surface area contributed by atoms with Crippen LogP contribution in [0.1, 0.15) is 0 Å². The highest BCUT2D eigenvalue weighted by molar-refractivity contribution is 6.21. The van der Waals surface area contributed by atoms with Crippen LogP contribution < -0.4 is 10.2 Å². The molecule has 1 atom stereocenters. The van der Waals surface area contributed by atoms with Crippen molar-refractivity contribution in [2.75, 3.05) is 18.6 Å². The first-order valence-corrected chi connectivity index (χ1v) is 5.13. The Balaban J connectivity index is 2.33. The van der Waals surface area contributed by atoms with Gasteiger partial charge in [0.15, 0.2) is 0 Å². The Bertz CT molecular complexity index is 507. The van der Waals surface area contributed by atoms with E-state index in [4.69, 9.17) is 4.74 Å². The summed E-state index contributed by atoms with van der Waals surface area (Å²) < 4.78 is 31.0. The minimum atomic E-state index is -0.975. The van der Waals surface area contributed by atoms with Crippen LogP contribution in [0.15, 0.2) is 18.2 Å². The van der Waals surface area contributed by atoms with Crippen LogP contribution in [-0.2, 0) is 9.53 Å². The minimum absolute atomic E-state index is 0.0100. The number of carbonyl (C=O) groups is 2. The van der Waals surface area contributed by atoms with Gasteiger partial charge in [-0.3, -0.25) is 4.79 Å². The lowest BCUT2D eigenvalue weighted by molar-refractivity contribution is -0.119. The largest absolute Gasteiger partial charge is 0.382 e. The zero-order valence-corrected chi connectivity index (χ0v) is 9.44. The molecule has 1 N–H and O–H groups in total. The van der Waals surface area contributed by atoms with Crippen molar-refractivity contribution < 1.29 is 23.1 Å². The van der Waals surface area contributed by atoms with Gasteiger partial charge >= 0.3 is 6.03 Å². The van der Waals surface area contributed by atoms with Crippen LogP contribution in [0.5, 0.6) is 0 Å². The Morgan fingerprint density at radius 3 is 2.72 bits per heavy atom. The van der Waals surface area contributed by atoms with Gasteiger partial charge in [-0.15, -0.1) is 0 Å².